The van der Waals surface area contributed by atoms with Crippen LogP contribution in [0.25, 0.3) is 0 Å². The van der Waals surface area contributed by atoms with Gasteiger partial charge < -0.3 is 10.6 Å². The summed E-state index contributed by atoms with van der Waals surface area (Å²) >= 11 is 6.21. The van der Waals surface area contributed by atoms with Crippen molar-refractivity contribution in [2.24, 2.45) is 5.73 Å². The maximum absolute atomic E-state index is 6.21. The molecule has 3 rings (SSSR count). The van der Waals surface area contributed by atoms with Crippen LogP contribution in [0.2, 0.25) is 5.02 Å². The Labute approximate surface area is 130 Å². The van der Waals surface area contributed by atoms with Gasteiger partial charge in [0.25, 0.3) is 0 Å². The molecule has 1 aromatic heterocycles. The minimum absolute atomic E-state index is 0.313. The van der Waals surface area contributed by atoms with Crippen LogP contribution < -0.4 is 10.6 Å². The second kappa shape index (κ2) is 6.41. The molecule has 0 radical (unpaired) electrons. The maximum atomic E-state index is 6.21. The molecule has 21 heavy (non-hydrogen) atoms. The van der Waals surface area contributed by atoms with Crippen LogP contribution in [0.3, 0.4) is 0 Å². The van der Waals surface area contributed by atoms with Crippen LogP contribution in [-0.2, 0) is 6.42 Å². The lowest BCUT2D eigenvalue weighted by molar-refractivity contribution is 0.495. The highest BCUT2D eigenvalue weighted by Crippen LogP contribution is 2.20. The fourth-order valence-electron chi connectivity index (χ4n) is 2.57. The van der Waals surface area contributed by atoms with Crippen LogP contribution in [-0.4, -0.2) is 29.1 Å². The molecule has 0 bridgehead atoms. The van der Waals surface area contributed by atoms with E-state index in [0.717, 1.165) is 54.6 Å². The molecule has 1 fully saturated rings. The molecule has 0 aliphatic carbocycles. The summed E-state index contributed by atoms with van der Waals surface area (Å²) in [6.45, 7) is 1.85. The Hall–Kier alpha value is -1.65. The second-order valence-corrected chi connectivity index (χ2v) is 5.85. The third-order valence-electron chi connectivity index (χ3n) is 3.85. The summed E-state index contributed by atoms with van der Waals surface area (Å²) in [5.41, 5.74) is 8.02. The third-order valence-corrected chi connectivity index (χ3v) is 4.22. The van der Waals surface area contributed by atoms with E-state index in [1.54, 1.807) is 0 Å². The van der Waals surface area contributed by atoms with Crippen LogP contribution in [0.1, 0.15) is 24.1 Å². The average Bonchev–Trinajstić information content (AvgIpc) is 2.51. The zero-order chi connectivity index (χ0) is 14.7. The zero-order valence-corrected chi connectivity index (χ0v) is 12.6. The van der Waals surface area contributed by atoms with Gasteiger partial charge in [0, 0.05) is 36.8 Å². The molecule has 1 aliphatic rings. The molecule has 0 saturated carbocycles. The van der Waals surface area contributed by atoms with Gasteiger partial charge in [0.2, 0.25) is 5.95 Å². The summed E-state index contributed by atoms with van der Waals surface area (Å²) in [6.07, 6.45) is 4.54. The minimum Gasteiger partial charge on any atom is -0.341 e. The van der Waals surface area contributed by atoms with E-state index in [4.69, 9.17) is 17.3 Å². The van der Waals surface area contributed by atoms with E-state index in [1.165, 1.54) is 0 Å². The SMILES string of the molecule is NC1CCN(c2nccc(Cc3ccccc3Cl)n2)CC1. The largest absolute Gasteiger partial charge is 0.341 e. The molecule has 0 atom stereocenters. The highest BCUT2D eigenvalue weighted by molar-refractivity contribution is 6.31. The van der Waals surface area contributed by atoms with E-state index in [-0.39, 0.29) is 0 Å². The Kier molecular flexibility index (Phi) is 4.36. The minimum atomic E-state index is 0.313. The van der Waals surface area contributed by atoms with Crippen molar-refractivity contribution in [2.45, 2.75) is 25.3 Å². The first-order valence-electron chi connectivity index (χ1n) is 7.28. The molecule has 1 aliphatic heterocycles. The van der Waals surface area contributed by atoms with Crippen molar-refractivity contribution in [3.63, 3.8) is 0 Å². The van der Waals surface area contributed by atoms with Crippen molar-refractivity contribution < 1.29 is 0 Å². The van der Waals surface area contributed by atoms with Crippen molar-refractivity contribution in [1.29, 1.82) is 0 Å². The molecule has 1 saturated heterocycles. The Morgan fingerprint density at radius 1 is 1.19 bits per heavy atom. The number of aromatic nitrogens is 2. The van der Waals surface area contributed by atoms with Crippen molar-refractivity contribution in [3.05, 3.63) is 52.8 Å². The van der Waals surface area contributed by atoms with Gasteiger partial charge in [0.15, 0.2) is 0 Å². The highest BCUT2D eigenvalue weighted by atomic mass is 35.5. The predicted octanol–water partition coefficient (Wildman–Crippen LogP) is 2.65. The molecule has 5 heteroatoms. The van der Waals surface area contributed by atoms with Crippen LogP contribution >= 0.6 is 11.6 Å². The van der Waals surface area contributed by atoms with E-state index >= 15 is 0 Å². The number of nitrogens with two attached hydrogens (primary N) is 1. The quantitative estimate of drug-likeness (QED) is 0.947. The molecule has 0 amide bonds. The Balaban J connectivity index is 1.76. The smallest absolute Gasteiger partial charge is 0.225 e. The first-order chi connectivity index (χ1) is 10.2. The number of rotatable bonds is 3. The Morgan fingerprint density at radius 2 is 1.95 bits per heavy atom. The summed E-state index contributed by atoms with van der Waals surface area (Å²) in [5.74, 6) is 0.798. The van der Waals surface area contributed by atoms with E-state index in [0.29, 0.717) is 6.04 Å². The number of benzene rings is 1. The fourth-order valence-corrected chi connectivity index (χ4v) is 2.77. The lowest BCUT2D eigenvalue weighted by Gasteiger charge is -2.30. The summed E-state index contributed by atoms with van der Waals surface area (Å²) < 4.78 is 0. The van der Waals surface area contributed by atoms with Gasteiger partial charge in [0.05, 0.1) is 5.69 Å². The first-order valence-corrected chi connectivity index (χ1v) is 7.66. The zero-order valence-electron chi connectivity index (χ0n) is 11.9. The number of hydrogen-bond donors (Lipinski definition) is 1. The third kappa shape index (κ3) is 3.52. The van der Waals surface area contributed by atoms with Crippen molar-refractivity contribution in [1.82, 2.24) is 9.97 Å². The second-order valence-electron chi connectivity index (χ2n) is 5.44. The number of nitrogens with zero attached hydrogens (tertiary/aromatic N) is 3. The maximum Gasteiger partial charge on any atom is 0.225 e. The molecule has 2 heterocycles. The van der Waals surface area contributed by atoms with Gasteiger partial charge in [-0.15, -0.1) is 0 Å². The number of halogens is 1. The summed E-state index contributed by atoms with van der Waals surface area (Å²) in [7, 11) is 0. The molecule has 4 nitrogen and oxygen atoms in total. The van der Waals surface area contributed by atoms with E-state index in [9.17, 15) is 0 Å². The van der Waals surface area contributed by atoms with Gasteiger partial charge in [-0.05, 0) is 30.5 Å². The first kappa shape index (κ1) is 14.3. The predicted molar refractivity (Wildman–Crippen MR) is 85.7 cm³/mol. The van der Waals surface area contributed by atoms with Gasteiger partial charge in [0.1, 0.15) is 0 Å². The van der Waals surface area contributed by atoms with Gasteiger partial charge in [-0.3, -0.25) is 0 Å². The Morgan fingerprint density at radius 3 is 2.71 bits per heavy atom. The van der Waals surface area contributed by atoms with E-state index < -0.39 is 0 Å². The molecule has 2 N–H and O–H groups in total. The average molecular weight is 303 g/mol. The van der Waals surface area contributed by atoms with Crippen molar-refractivity contribution >= 4 is 17.5 Å². The topological polar surface area (TPSA) is 55.0 Å². The lowest BCUT2D eigenvalue weighted by atomic mass is 10.1. The number of anilines is 1. The van der Waals surface area contributed by atoms with Gasteiger partial charge in [-0.2, -0.15) is 0 Å². The van der Waals surface area contributed by atoms with Crippen molar-refractivity contribution in [3.8, 4) is 0 Å². The van der Waals surface area contributed by atoms with E-state index in [1.807, 2.05) is 36.5 Å². The van der Waals surface area contributed by atoms with Crippen LogP contribution in [0.4, 0.5) is 5.95 Å². The molecule has 1 aromatic carbocycles. The van der Waals surface area contributed by atoms with Gasteiger partial charge in [-0.1, -0.05) is 29.8 Å². The molecular weight excluding hydrogens is 284 g/mol. The molecule has 0 spiro atoms. The van der Waals surface area contributed by atoms with Crippen LogP contribution in [0, 0.1) is 0 Å². The van der Waals surface area contributed by atoms with Crippen LogP contribution in [0.5, 0.6) is 0 Å². The highest BCUT2D eigenvalue weighted by Gasteiger charge is 2.18. The molecule has 110 valence electrons. The number of piperidine rings is 1. The monoisotopic (exact) mass is 302 g/mol. The lowest BCUT2D eigenvalue weighted by Crippen LogP contribution is -2.40. The summed E-state index contributed by atoms with van der Waals surface area (Å²) in [6, 6.07) is 10.1. The molecule has 2 aromatic rings. The van der Waals surface area contributed by atoms with Gasteiger partial charge >= 0.3 is 0 Å². The van der Waals surface area contributed by atoms with E-state index in [2.05, 4.69) is 14.9 Å². The fraction of sp³-hybridized carbons (Fsp3) is 0.375. The molecular formula is C16H19ClN4. The summed E-state index contributed by atoms with van der Waals surface area (Å²) in [4.78, 5) is 11.3. The number of hydrogen-bond acceptors (Lipinski definition) is 4. The standard InChI is InChI=1S/C16H19ClN4/c17-15-4-2-1-3-12(15)11-14-5-8-19-16(20-14)21-9-6-13(18)7-10-21/h1-5,8,13H,6-7,9-11,18H2. The van der Waals surface area contributed by atoms with Crippen molar-refractivity contribution in [2.75, 3.05) is 18.0 Å². The Bertz CT molecular complexity index is 609. The molecule has 0 unspecified atom stereocenters. The summed E-state index contributed by atoms with van der Waals surface area (Å²) in [5, 5.41) is 0.779. The normalized spacial score (nSPS) is 16.2. The van der Waals surface area contributed by atoms with Gasteiger partial charge in [-0.25, -0.2) is 9.97 Å². The van der Waals surface area contributed by atoms with Crippen LogP contribution in [0.15, 0.2) is 36.5 Å².